The molecule has 0 amide bonds. The maximum Gasteiger partial charge on any atom is 0.189 e. The number of nitrogens with zero attached hydrogens (tertiary/aromatic N) is 3. The molecule has 0 unspecified atom stereocenters. The minimum absolute atomic E-state index is 0.714. The van der Waals surface area contributed by atoms with E-state index in [9.17, 15) is 0 Å². The normalized spacial score (nSPS) is 11.0. The summed E-state index contributed by atoms with van der Waals surface area (Å²) in [6.45, 7) is 3.93. The topological polar surface area (TPSA) is 50.7 Å². The van der Waals surface area contributed by atoms with Gasteiger partial charge in [0, 0.05) is 22.7 Å². The number of fused-ring (bicyclic) bond motifs is 1. The van der Waals surface area contributed by atoms with Crippen LogP contribution in [0.15, 0.2) is 48.5 Å². The zero-order chi connectivity index (χ0) is 18.1. The second-order valence-corrected chi connectivity index (χ2v) is 7.57. The molecule has 0 saturated carbocycles. The number of halogens is 1. The molecule has 4 nitrogen and oxygen atoms in total. The minimum atomic E-state index is 0.714. The predicted octanol–water partition coefficient (Wildman–Crippen LogP) is 5.69. The molecule has 4 aromatic rings. The number of thiazole rings is 1. The first-order valence-electron chi connectivity index (χ1n) is 8.29. The van der Waals surface area contributed by atoms with Gasteiger partial charge in [-0.05, 0) is 37.6 Å². The summed E-state index contributed by atoms with van der Waals surface area (Å²) in [5.74, 6) is 1.55. The van der Waals surface area contributed by atoms with Crippen LogP contribution in [-0.2, 0) is 6.42 Å². The summed E-state index contributed by atoms with van der Waals surface area (Å²) in [6, 6.07) is 16.1. The van der Waals surface area contributed by atoms with Gasteiger partial charge in [-0.15, -0.1) is 0 Å². The highest BCUT2D eigenvalue weighted by Crippen LogP contribution is 2.31. The molecule has 130 valence electrons. The lowest BCUT2D eigenvalue weighted by atomic mass is 10.0. The van der Waals surface area contributed by atoms with E-state index in [2.05, 4.69) is 32.4 Å². The summed E-state index contributed by atoms with van der Waals surface area (Å²) in [4.78, 5) is 13.8. The van der Waals surface area contributed by atoms with E-state index in [1.165, 1.54) is 5.56 Å². The Morgan fingerprint density at radius 3 is 2.62 bits per heavy atom. The van der Waals surface area contributed by atoms with Crippen molar-refractivity contribution in [2.75, 3.05) is 5.32 Å². The van der Waals surface area contributed by atoms with E-state index >= 15 is 0 Å². The van der Waals surface area contributed by atoms with Gasteiger partial charge in [-0.1, -0.05) is 53.3 Å². The van der Waals surface area contributed by atoms with Crippen LogP contribution in [0.3, 0.4) is 0 Å². The third kappa shape index (κ3) is 3.54. The SMILES string of the molecule is Cc1nc(C)c(Cc2ccccc2)c(Nc2nc3ccc(Cl)cc3s2)n1. The molecule has 0 saturated heterocycles. The highest BCUT2D eigenvalue weighted by molar-refractivity contribution is 7.22. The minimum Gasteiger partial charge on any atom is -0.316 e. The molecule has 0 radical (unpaired) electrons. The van der Waals surface area contributed by atoms with Crippen molar-refractivity contribution in [3.8, 4) is 0 Å². The van der Waals surface area contributed by atoms with Gasteiger partial charge >= 0.3 is 0 Å². The Labute approximate surface area is 160 Å². The zero-order valence-corrected chi connectivity index (χ0v) is 16.0. The molecule has 2 heterocycles. The van der Waals surface area contributed by atoms with Crippen LogP contribution in [-0.4, -0.2) is 15.0 Å². The number of benzene rings is 2. The molecule has 0 atom stereocenters. The van der Waals surface area contributed by atoms with Gasteiger partial charge in [0.15, 0.2) is 5.13 Å². The number of anilines is 2. The van der Waals surface area contributed by atoms with E-state index in [0.29, 0.717) is 5.02 Å². The average molecular weight is 381 g/mol. The van der Waals surface area contributed by atoms with E-state index in [4.69, 9.17) is 11.6 Å². The number of nitrogens with one attached hydrogen (secondary N) is 1. The maximum absolute atomic E-state index is 6.08. The third-order valence-corrected chi connectivity index (χ3v) is 5.29. The van der Waals surface area contributed by atoms with Gasteiger partial charge in [0.05, 0.1) is 10.2 Å². The molecule has 2 aromatic heterocycles. The number of hydrogen-bond acceptors (Lipinski definition) is 5. The number of aromatic nitrogens is 3. The van der Waals surface area contributed by atoms with Crippen molar-refractivity contribution in [3.05, 3.63) is 76.2 Å². The van der Waals surface area contributed by atoms with Crippen LogP contribution in [0.1, 0.15) is 22.6 Å². The van der Waals surface area contributed by atoms with Crippen molar-refractivity contribution in [2.45, 2.75) is 20.3 Å². The van der Waals surface area contributed by atoms with Crippen LogP contribution in [0.2, 0.25) is 5.02 Å². The lowest BCUT2D eigenvalue weighted by Crippen LogP contribution is -2.06. The van der Waals surface area contributed by atoms with Crippen molar-refractivity contribution in [3.63, 3.8) is 0 Å². The van der Waals surface area contributed by atoms with Crippen LogP contribution in [0.25, 0.3) is 10.2 Å². The van der Waals surface area contributed by atoms with Crippen LogP contribution in [0, 0.1) is 13.8 Å². The van der Waals surface area contributed by atoms with Crippen molar-refractivity contribution < 1.29 is 0 Å². The Hall–Kier alpha value is -2.50. The van der Waals surface area contributed by atoms with Crippen molar-refractivity contribution >= 4 is 44.1 Å². The van der Waals surface area contributed by atoms with Gasteiger partial charge in [-0.2, -0.15) is 0 Å². The molecule has 0 fully saturated rings. The van der Waals surface area contributed by atoms with Gasteiger partial charge in [0.25, 0.3) is 0 Å². The molecular formula is C20H17ClN4S. The zero-order valence-electron chi connectivity index (χ0n) is 14.5. The molecule has 1 N–H and O–H groups in total. The third-order valence-electron chi connectivity index (χ3n) is 4.13. The average Bonchev–Trinajstić information content (AvgIpc) is 3.00. The molecule has 0 aliphatic rings. The smallest absolute Gasteiger partial charge is 0.189 e. The van der Waals surface area contributed by atoms with E-state index in [1.54, 1.807) is 11.3 Å². The maximum atomic E-state index is 6.08. The Bertz CT molecular complexity index is 1080. The summed E-state index contributed by atoms with van der Waals surface area (Å²) in [5, 5.41) is 4.91. The first-order valence-corrected chi connectivity index (χ1v) is 9.49. The summed E-state index contributed by atoms with van der Waals surface area (Å²) in [5.41, 5.74) is 4.21. The van der Waals surface area contributed by atoms with Gasteiger partial charge in [-0.25, -0.2) is 15.0 Å². The van der Waals surface area contributed by atoms with E-state index in [-0.39, 0.29) is 0 Å². The van der Waals surface area contributed by atoms with Crippen molar-refractivity contribution in [1.82, 2.24) is 15.0 Å². The van der Waals surface area contributed by atoms with Crippen molar-refractivity contribution in [2.24, 2.45) is 0 Å². The molecule has 0 aliphatic heterocycles. The largest absolute Gasteiger partial charge is 0.316 e. The fraction of sp³-hybridized carbons (Fsp3) is 0.150. The predicted molar refractivity (Wildman–Crippen MR) is 109 cm³/mol. The summed E-state index contributed by atoms with van der Waals surface area (Å²) in [6.07, 6.45) is 0.770. The molecule has 0 aliphatic carbocycles. The number of aryl methyl sites for hydroxylation is 2. The number of hydrogen-bond donors (Lipinski definition) is 1. The molecule has 2 aromatic carbocycles. The molecule has 0 bridgehead atoms. The highest BCUT2D eigenvalue weighted by Gasteiger charge is 2.13. The Morgan fingerprint density at radius 2 is 1.81 bits per heavy atom. The Balaban J connectivity index is 1.72. The summed E-state index contributed by atoms with van der Waals surface area (Å²) < 4.78 is 1.05. The quantitative estimate of drug-likeness (QED) is 0.494. The molecule has 6 heteroatoms. The fourth-order valence-electron chi connectivity index (χ4n) is 2.90. The first kappa shape index (κ1) is 16.9. The Morgan fingerprint density at radius 1 is 1.00 bits per heavy atom. The lowest BCUT2D eigenvalue weighted by Gasteiger charge is -2.13. The van der Waals surface area contributed by atoms with E-state index in [0.717, 1.165) is 44.7 Å². The molecular weight excluding hydrogens is 364 g/mol. The Kier molecular flexibility index (Phi) is 4.57. The first-order chi connectivity index (χ1) is 12.6. The summed E-state index contributed by atoms with van der Waals surface area (Å²) in [7, 11) is 0. The van der Waals surface area contributed by atoms with Crippen LogP contribution in [0.4, 0.5) is 10.9 Å². The van der Waals surface area contributed by atoms with Gasteiger partial charge < -0.3 is 5.32 Å². The molecule has 0 spiro atoms. The highest BCUT2D eigenvalue weighted by atomic mass is 35.5. The second-order valence-electron chi connectivity index (χ2n) is 6.10. The van der Waals surface area contributed by atoms with Crippen LogP contribution >= 0.6 is 22.9 Å². The number of rotatable bonds is 4. The van der Waals surface area contributed by atoms with E-state index in [1.807, 2.05) is 50.2 Å². The van der Waals surface area contributed by atoms with Crippen molar-refractivity contribution in [1.29, 1.82) is 0 Å². The van der Waals surface area contributed by atoms with Gasteiger partial charge in [-0.3, -0.25) is 0 Å². The molecule has 4 rings (SSSR count). The van der Waals surface area contributed by atoms with Crippen LogP contribution in [0.5, 0.6) is 0 Å². The fourth-order valence-corrected chi connectivity index (χ4v) is 4.04. The van der Waals surface area contributed by atoms with Gasteiger partial charge in [0.2, 0.25) is 0 Å². The van der Waals surface area contributed by atoms with E-state index < -0.39 is 0 Å². The van der Waals surface area contributed by atoms with Gasteiger partial charge in [0.1, 0.15) is 11.6 Å². The summed E-state index contributed by atoms with van der Waals surface area (Å²) >= 11 is 7.65. The standard InChI is InChI=1S/C20H17ClN4S/c1-12-16(10-14-6-4-3-5-7-14)19(23-13(2)22-12)25-20-24-17-9-8-15(21)11-18(17)26-20/h3-9,11H,10H2,1-2H3,(H,22,23,24,25). The molecule has 26 heavy (non-hydrogen) atoms. The lowest BCUT2D eigenvalue weighted by molar-refractivity contribution is 0.965. The monoisotopic (exact) mass is 380 g/mol. The van der Waals surface area contributed by atoms with Crippen LogP contribution < -0.4 is 5.32 Å². The second kappa shape index (κ2) is 7.02.